The summed E-state index contributed by atoms with van der Waals surface area (Å²) in [6.07, 6.45) is 1.49. The monoisotopic (exact) mass is 489 g/mol. The lowest BCUT2D eigenvalue weighted by atomic mass is 10.1. The standard InChI is InChI=1S/C21H20BrN3O6/c1-29-16-7-5-4-6-14(16)23-19(26)11-25-20(27)15(24-21(25)28)8-12-9-17(30-2)18(31-3)10-13(12)22/h4-10H,11H2,1-3H3,(H,23,26)(H,24,28)/b15-8+. The minimum atomic E-state index is -0.692. The molecule has 162 valence electrons. The van der Waals surface area contributed by atoms with E-state index in [1.165, 1.54) is 27.4 Å². The van der Waals surface area contributed by atoms with Crippen molar-refractivity contribution in [3.8, 4) is 17.2 Å². The SMILES string of the molecule is COc1ccccc1NC(=O)CN1C(=O)N/C(=C/c2cc(OC)c(OC)cc2Br)C1=O. The molecule has 0 spiro atoms. The van der Waals surface area contributed by atoms with Gasteiger partial charge in [0.25, 0.3) is 5.91 Å². The van der Waals surface area contributed by atoms with Crippen molar-refractivity contribution < 1.29 is 28.6 Å². The molecule has 0 atom stereocenters. The first-order chi connectivity index (χ1) is 14.9. The van der Waals surface area contributed by atoms with Gasteiger partial charge in [-0.25, -0.2) is 9.69 Å². The number of rotatable bonds is 7. The molecular formula is C21H20BrN3O6. The fourth-order valence-corrected chi connectivity index (χ4v) is 3.37. The smallest absolute Gasteiger partial charge is 0.329 e. The molecule has 0 aromatic heterocycles. The minimum Gasteiger partial charge on any atom is -0.495 e. The molecule has 0 radical (unpaired) electrons. The van der Waals surface area contributed by atoms with E-state index in [1.54, 1.807) is 36.4 Å². The van der Waals surface area contributed by atoms with Crippen LogP contribution in [0.25, 0.3) is 6.08 Å². The highest BCUT2D eigenvalue weighted by Crippen LogP contribution is 2.34. The van der Waals surface area contributed by atoms with Gasteiger partial charge in [0.05, 0.1) is 27.0 Å². The number of carbonyl (C=O) groups excluding carboxylic acids is 3. The summed E-state index contributed by atoms with van der Waals surface area (Å²) in [5.74, 6) is 0.269. The molecule has 0 unspecified atom stereocenters. The summed E-state index contributed by atoms with van der Waals surface area (Å²) < 4.78 is 16.3. The number of nitrogens with one attached hydrogen (secondary N) is 2. The Hall–Kier alpha value is -3.53. The largest absolute Gasteiger partial charge is 0.495 e. The quantitative estimate of drug-likeness (QED) is 0.457. The van der Waals surface area contributed by atoms with Gasteiger partial charge in [-0.05, 0) is 35.9 Å². The van der Waals surface area contributed by atoms with Crippen molar-refractivity contribution in [3.05, 3.63) is 52.1 Å². The van der Waals surface area contributed by atoms with Crippen molar-refractivity contribution in [1.82, 2.24) is 10.2 Å². The van der Waals surface area contributed by atoms with Gasteiger partial charge >= 0.3 is 6.03 Å². The Balaban J connectivity index is 1.77. The normalized spacial score (nSPS) is 14.5. The van der Waals surface area contributed by atoms with Crippen LogP contribution in [0.3, 0.4) is 0 Å². The van der Waals surface area contributed by atoms with E-state index < -0.39 is 24.4 Å². The van der Waals surface area contributed by atoms with Gasteiger partial charge in [0.2, 0.25) is 5.91 Å². The average molecular weight is 490 g/mol. The third-order valence-corrected chi connectivity index (χ3v) is 5.13. The topological polar surface area (TPSA) is 106 Å². The van der Waals surface area contributed by atoms with Crippen LogP contribution in [-0.4, -0.2) is 50.6 Å². The van der Waals surface area contributed by atoms with Gasteiger partial charge in [-0.2, -0.15) is 0 Å². The molecule has 1 aliphatic rings. The number of amides is 4. The second-order valence-corrected chi connectivity index (χ2v) is 7.21. The number of hydrogen-bond donors (Lipinski definition) is 2. The van der Waals surface area contributed by atoms with Crippen molar-refractivity contribution in [3.63, 3.8) is 0 Å². The van der Waals surface area contributed by atoms with Crippen LogP contribution in [-0.2, 0) is 9.59 Å². The maximum atomic E-state index is 12.7. The lowest BCUT2D eigenvalue weighted by Gasteiger charge is -2.13. The van der Waals surface area contributed by atoms with Gasteiger partial charge in [0.1, 0.15) is 18.0 Å². The molecule has 9 nitrogen and oxygen atoms in total. The van der Waals surface area contributed by atoms with E-state index in [0.717, 1.165) is 4.90 Å². The molecule has 10 heteroatoms. The van der Waals surface area contributed by atoms with Crippen molar-refractivity contribution >= 4 is 45.5 Å². The van der Waals surface area contributed by atoms with Gasteiger partial charge in [0.15, 0.2) is 11.5 Å². The number of halogens is 1. The van der Waals surface area contributed by atoms with Crippen molar-refractivity contribution in [2.24, 2.45) is 0 Å². The molecule has 31 heavy (non-hydrogen) atoms. The van der Waals surface area contributed by atoms with Crippen molar-refractivity contribution in [2.45, 2.75) is 0 Å². The van der Waals surface area contributed by atoms with Crippen LogP contribution in [0.15, 0.2) is 46.6 Å². The first kappa shape index (κ1) is 22.2. The van der Waals surface area contributed by atoms with Gasteiger partial charge in [0, 0.05) is 4.47 Å². The van der Waals surface area contributed by atoms with Gasteiger partial charge in [-0.3, -0.25) is 9.59 Å². The predicted molar refractivity (Wildman–Crippen MR) is 117 cm³/mol. The third kappa shape index (κ3) is 4.80. The van der Waals surface area contributed by atoms with E-state index in [4.69, 9.17) is 14.2 Å². The summed E-state index contributed by atoms with van der Waals surface area (Å²) in [7, 11) is 4.48. The number of anilines is 1. The molecule has 2 N–H and O–H groups in total. The fourth-order valence-electron chi connectivity index (χ4n) is 2.93. The Bertz CT molecular complexity index is 1070. The second-order valence-electron chi connectivity index (χ2n) is 6.36. The van der Waals surface area contributed by atoms with Crippen LogP contribution in [0.5, 0.6) is 17.2 Å². The summed E-state index contributed by atoms with van der Waals surface area (Å²) in [4.78, 5) is 38.2. The van der Waals surface area contributed by atoms with Gasteiger partial charge in [-0.1, -0.05) is 28.1 Å². The van der Waals surface area contributed by atoms with Crippen LogP contribution >= 0.6 is 15.9 Å². The highest BCUT2D eigenvalue weighted by atomic mass is 79.9. The van der Waals surface area contributed by atoms with E-state index in [1.807, 2.05) is 0 Å². The Labute approximate surface area is 187 Å². The van der Waals surface area contributed by atoms with Crippen LogP contribution in [0.1, 0.15) is 5.56 Å². The number of ether oxygens (including phenoxy) is 3. The Morgan fingerprint density at radius 2 is 1.71 bits per heavy atom. The van der Waals surface area contributed by atoms with Crippen molar-refractivity contribution in [2.75, 3.05) is 33.2 Å². The lowest BCUT2D eigenvalue weighted by Crippen LogP contribution is -2.38. The Kier molecular flexibility index (Phi) is 6.81. The van der Waals surface area contributed by atoms with Gasteiger partial charge < -0.3 is 24.8 Å². The number of hydrogen-bond acceptors (Lipinski definition) is 6. The van der Waals surface area contributed by atoms with Crippen LogP contribution in [0.2, 0.25) is 0 Å². The zero-order chi connectivity index (χ0) is 22.5. The highest BCUT2D eigenvalue weighted by molar-refractivity contribution is 9.10. The molecule has 3 rings (SSSR count). The molecule has 0 aliphatic carbocycles. The van der Waals surface area contributed by atoms with E-state index in [2.05, 4.69) is 26.6 Å². The summed E-state index contributed by atoms with van der Waals surface area (Å²) >= 11 is 3.41. The summed E-state index contributed by atoms with van der Waals surface area (Å²) in [6, 6.07) is 9.48. The zero-order valence-electron chi connectivity index (χ0n) is 17.0. The first-order valence-corrected chi connectivity index (χ1v) is 9.86. The zero-order valence-corrected chi connectivity index (χ0v) is 18.6. The van der Waals surface area contributed by atoms with Crippen molar-refractivity contribution in [1.29, 1.82) is 0 Å². The van der Waals surface area contributed by atoms with Gasteiger partial charge in [-0.15, -0.1) is 0 Å². The van der Waals surface area contributed by atoms with E-state index in [0.29, 0.717) is 33.0 Å². The van der Waals surface area contributed by atoms with E-state index in [-0.39, 0.29) is 5.70 Å². The molecule has 4 amide bonds. The molecule has 1 saturated heterocycles. The molecule has 2 aromatic carbocycles. The number of carbonyl (C=O) groups is 3. The summed E-state index contributed by atoms with van der Waals surface area (Å²) in [6.45, 7) is -0.451. The summed E-state index contributed by atoms with van der Waals surface area (Å²) in [5, 5.41) is 5.12. The van der Waals surface area contributed by atoms with E-state index in [9.17, 15) is 14.4 Å². The molecule has 1 aliphatic heterocycles. The second kappa shape index (κ2) is 9.52. The number of benzene rings is 2. The molecular weight excluding hydrogens is 470 g/mol. The number of urea groups is 1. The van der Waals surface area contributed by atoms with E-state index >= 15 is 0 Å². The highest BCUT2D eigenvalue weighted by Gasteiger charge is 2.35. The summed E-state index contributed by atoms with van der Waals surface area (Å²) in [5.41, 5.74) is 1.05. The number of nitrogens with zero attached hydrogens (tertiary/aromatic N) is 1. The molecule has 0 bridgehead atoms. The fraction of sp³-hybridized carbons (Fsp3) is 0.190. The first-order valence-electron chi connectivity index (χ1n) is 9.06. The maximum absolute atomic E-state index is 12.7. The molecule has 1 fully saturated rings. The van der Waals surface area contributed by atoms with Crippen LogP contribution in [0, 0.1) is 0 Å². The number of imide groups is 1. The van der Waals surface area contributed by atoms with Crippen LogP contribution in [0.4, 0.5) is 10.5 Å². The molecule has 2 aromatic rings. The molecule has 1 heterocycles. The lowest BCUT2D eigenvalue weighted by molar-refractivity contribution is -0.127. The number of para-hydroxylation sites is 2. The number of methoxy groups -OCH3 is 3. The minimum absolute atomic E-state index is 0.0306. The molecule has 0 saturated carbocycles. The maximum Gasteiger partial charge on any atom is 0.329 e. The van der Waals surface area contributed by atoms with Crippen LogP contribution < -0.4 is 24.8 Å². The Morgan fingerprint density at radius 1 is 1.06 bits per heavy atom. The average Bonchev–Trinajstić information content (AvgIpc) is 3.02. The predicted octanol–water partition coefficient (Wildman–Crippen LogP) is 3.01. The Morgan fingerprint density at radius 3 is 2.39 bits per heavy atom. The third-order valence-electron chi connectivity index (χ3n) is 4.45.